The van der Waals surface area contributed by atoms with Crippen LogP contribution in [-0.4, -0.2) is 35.1 Å². The highest BCUT2D eigenvalue weighted by atomic mass is 16.4. The number of carboxylic acids is 1. The molecule has 1 aliphatic heterocycles. The fourth-order valence-electron chi connectivity index (χ4n) is 2.38. The van der Waals surface area contributed by atoms with Gasteiger partial charge in [-0.1, -0.05) is 6.07 Å². The number of nitrogens with zero attached hydrogens (tertiary/aromatic N) is 2. The van der Waals surface area contributed by atoms with Gasteiger partial charge >= 0.3 is 12.0 Å². The van der Waals surface area contributed by atoms with Gasteiger partial charge in [0, 0.05) is 18.8 Å². The van der Waals surface area contributed by atoms with E-state index in [9.17, 15) is 9.59 Å². The molecular formula is C15H17N3O3. The van der Waals surface area contributed by atoms with Gasteiger partial charge < -0.3 is 15.3 Å². The van der Waals surface area contributed by atoms with Crippen molar-refractivity contribution < 1.29 is 14.7 Å². The smallest absolute Gasteiger partial charge is 0.321 e. The minimum Gasteiger partial charge on any atom is -0.481 e. The second-order valence-electron chi connectivity index (χ2n) is 5.20. The maximum Gasteiger partial charge on any atom is 0.321 e. The highest BCUT2D eigenvalue weighted by Gasteiger charge is 2.28. The van der Waals surface area contributed by atoms with E-state index in [1.54, 1.807) is 18.2 Å². The molecule has 1 heterocycles. The molecule has 21 heavy (non-hydrogen) atoms. The summed E-state index contributed by atoms with van der Waals surface area (Å²) in [5, 5.41) is 20.7. The summed E-state index contributed by atoms with van der Waals surface area (Å²) in [6.07, 6.45) is 1.28. The number of nitriles is 1. The van der Waals surface area contributed by atoms with Gasteiger partial charge in [-0.2, -0.15) is 5.26 Å². The van der Waals surface area contributed by atoms with E-state index in [4.69, 9.17) is 10.4 Å². The first kappa shape index (κ1) is 14.9. The maximum absolute atomic E-state index is 12.2. The number of likely N-dealkylation sites (tertiary alicyclic amines) is 1. The Bertz CT molecular complexity index is 607. The van der Waals surface area contributed by atoms with Crippen LogP contribution in [0.4, 0.5) is 10.5 Å². The number of aliphatic carboxylic acids is 1. The molecule has 0 radical (unpaired) electrons. The molecular weight excluding hydrogens is 270 g/mol. The van der Waals surface area contributed by atoms with Crippen molar-refractivity contribution in [3.05, 3.63) is 29.3 Å². The second-order valence-corrected chi connectivity index (χ2v) is 5.20. The molecule has 2 rings (SSSR count). The molecule has 1 aromatic carbocycles. The Morgan fingerprint density at radius 2 is 2.24 bits per heavy atom. The fraction of sp³-hybridized carbons (Fsp3) is 0.400. The van der Waals surface area contributed by atoms with Crippen LogP contribution in [0.2, 0.25) is 0 Å². The topological polar surface area (TPSA) is 93.4 Å². The minimum absolute atomic E-state index is 0.220. The lowest BCUT2D eigenvalue weighted by atomic mass is 9.99. The van der Waals surface area contributed by atoms with Crippen LogP contribution in [0.1, 0.15) is 24.0 Å². The summed E-state index contributed by atoms with van der Waals surface area (Å²) in [6.45, 7) is 2.61. The quantitative estimate of drug-likeness (QED) is 0.872. The Hall–Kier alpha value is -2.55. The number of hydrogen-bond acceptors (Lipinski definition) is 3. The molecule has 1 unspecified atom stereocenters. The lowest BCUT2D eigenvalue weighted by molar-refractivity contribution is -0.143. The van der Waals surface area contributed by atoms with E-state index >= 15 is 0 Å². The largest absolute Gasteiger partial charge is 0.481 e. The van der Waals surface area contributed by atoms with Gasteiger partial charge in [0.25, 0.3) is 0 Å². The Kier molecular flexibility index (Phi) is 4.43. The van der Waals surface area contributed by atoms with Crippen LogP contribution >= 0.6 is 0 Å². The molecule has 2 N–H and O–H groups in total. The van der Waals surface area contributed by atoms with Gasteiger partial charge in [0.1, 0.15) is 0 Å². The lowest BCUT2D eigenvalue weighted by Gasteiger charge is -2.30. The zero-order chi connectivity index (χ0) is 15.4. The molecule has 0 aromatic heterocycles. The van der Waals surface area contributed by atoms with E-state index in [1.807, 2.05) is 13.0 Å². The average molecular weight is 287 g/mol. The zero-order valence-corrected chi connectivity index (χ0v) is 11.8. The molecule has 1 aromatic rings. The molecule has 0 aliphatic carbocycles. The van der Waals surface area contributed by atoms with Gasteiger partial charge in [-0.05, 0) is 37.5 Å². The molecule has 1 atom stereocenters. The van der Waals surface area contributed by atoms with E-state index in [0.29, 0.717) is 30.6 Å². The Morgan fingerprint density at radius 3 is 2.90 bits per heavy atom. The summed E-state index contributed by atoms with van der Waals surface area (Å²) in [4.78, 5) is 24.8. The number of nitrogens with one attached hydrogen (secondary N) is 1. The van der Waals surface area contributed by atoms with Crippen molar-refractivity contribution in [3.63, 3.8) is 0 Å². The molecule has 2 amide bonds. The third-order valence-corrected chi connectivity index (χ3v) is 3.67. The van der Waals surface area contributed by atoms with Crippen LogP contribution in [0.5, 0.6) is 0 Å². The predicted octanol–water partition coefficient (Wildman–Crippen LogP) is 2.20. The van der Waals surface area contributed by atoms with Gasteiger partial charge in [-0.25, -0.2) is 4.79 Å². The summed E-state index contributed by atoms with van der Waals surface area (Å²) < 4.78 is 0. The van der Waals surface area contributed by atoms with Gasteiger partial charge in [0.15, 0.2) is 0 Å². The van der Waals surface area contributed by atoms with E-state index in [0.717, 1.165) is 5.56 Å². The standard InChI is InChI=1S/C15H17N3O3/c1-10-4-5-11(8-16)7-13(10)17-15(21)18-6-2-3-12(9-18)14(19)20/h4-5,7,12H,2-3,6,9H2,1H3,(H,17,21)(H,19,20). The second kappa shape index (κ2) is 6.27. The van der Waals surface area contributed by atoms with Crippen molar-refractivity contribution in [3.8, 4) is 6.07 Å². The van der Waals surface area contributed by atoms with Crippen LogP contribution < -0.4 is 5.32 Å². The van der Waals surface area contributed by atoms with Gasteiger partial charge in [0.2, 0.25) is 0 Å². The number of carbonyl (C=O) groups excluding carboxylic acids is 1. The summed E-state index contributed by atoms with van der Waals surface area (Å²) in [6, 6.07) is 6.78. The van der Waals surface area contributed by atoms with Gasteiger partial charge in [-0.15, -0.1) is 0 Å². The number of urea groups is 1. The summed E-state index contributed by atoms with van der Waals surface area (Å²) in [7, 11) is 0. The molecule has 1 aliphatic rings. The molecule has 1 fully saturated rings. The fourth-order valence-corrected chi connectivity index (χ4v) is 2.38. The van der Waals surface area contributed by atoms with Crippen LogP contribution in [0.15, 0.2) is 18.2 Å². The van der Waals surface area contributed by atoms with Crippen LogP contribution in [0.3, 0.4) is 0 Å². The van der Waals surface area contributed by atoms with Crippen molar-refractivity contribution in [2.24, 2.45) is 5.92 Å². The van der Waals surface area contributed by atoms with E-state index < -0.39 is 11.9 Å². The first-order valence-corrected chi connectivity index (χ1v) is 6.80. The number of carboxylic acid groups (broad SMARTS) is 1. The number of carbonyl (C=O) groups is 2. The number of amides is 2. The number of aryl methyl sites for hydroxylation is 1. The third kappa shape index (κ3) is 3.51. The Balaban J connectivity index is 2.08. The summed E-state index contributed by atoms with van der Waals surface area (Å²) in [5.41, 5.74) is 1.91. The van der Waals surface area contributed by atoms with Crippen molar-refractivity contribution >= 4 is 17.7 Å². The van der Waals surface area contributed by atoms with Gasteiger partial charge in [-0.3, -0.25) is 4.79 Å². The van der Waals surface area contributed by atoms with E-state index in [-0.39, 0.29) is 12.6 Å². The molecule has 0 saturated carbocycles. The Morgan fingerprint density at radius 1 is 1.48 bits per heavy atom. The van der Waals surface area contributed by atoms with Crippen LogP contribution in [0.25, 0.3) is 0 Å². The molecule has 6 heteroatoms. The molecule has 1 saturated heterocycles. The van der Waals surface area contributed by atoms with Gasteiger partial charge in [0.05, 0.1) is 17.6 Å². The molecule has 0 bridgehead atoms. The maximum atomic E-state index is 12.2. The predicted molar refractivity (Wildman–Crippen MR) is 76.8 cm³/mol. The van der Waals surface area contributed by atoms with Crippen molar-refractivity contribution in [1.29, 1.82) is 5.26 Å². The molecule has 6 nitrogen and oxygen atoms in total. The highest BCUT2D eigenvalue weighted by Crippen LogP contribution is 2.20. The molecule has 110 valence electrons. The lowest BCUT2D eigenvalue weighted by Crippen LogP contribution is -2.44. The number of piperidine rings is 1. The van der Waals surface area contributed by atoms with Crippen molar-refractivity contribution in [2.45, 2.75) is 19.8 Å². The highest BCUT2D eigenvalue weighted by molar-refractivity contribution is 5.90. The van der Waals surface area contributed by atoms with Crippen LogP contribution in [0, 0.1) is 24.2 Å². The number of anilines is 1. The normalized spacial score (nSPS) is 17.9. The minimum atomic E-state index is -0.866. The third-order valence-electron chi connectivity index (χ3n) is 3.67. The average Bonchev–Trinajstić information content (AvgIpc) is 2.49. The SMILES string of the molecule is Cc1ccc(C#N)cc1NC(=O)N1CCCC(C(=O)O)C1. The van der Waals surface area contributed by atoms with Crippen molar-refractivity contribution in [2.75, 3.05) is 18.4 Å². The van der Waals surface area contributed by atoms with E-state index in [1.165, 1.54) is 4.90 Å². The molecule has 0 spiro atoms. The van der Waals surface area contributed by atoms with Crippen LogP contribution in [-0.2, 0) is 4.79 Å². The summed E-state index contributed by atoms with van der Waals surface area (Å²) in [5.74, 6) is -1.37. The summed E-state index contributed by atoms with van der Waals surface area (Å²) >= 11 is 0. The number of hydrogen-bond donors (Lipinski definition) is 2. The zero-order valence-electron chi connectivity index (χ0n) is 11.8. The van der Waals surface area contributed by atoms with E-state index in [2.05, 4.69) is 5.32 Å². The number of rotatable bonds is 2. The number of benzene rings is 1. The first-order chi connectivity index (χ1) is 10.0. The van der Waals surface area contributed by atoms with Crippen molar-refractivity contribution in [1.82, 2.24) is 4.90 Å². The Labute approximate surface area is 123 Å². The first-order valence-electron chi connectivity index (χ1n) is 6.80. The monoisotopic (exact) mass is 287 g/mol.